The number of nitrogens with zero attached hydrogens (tertiary/aromatic N) is 2. The number of nitriles is 1. The summed E-state index contributed by atoms with van der Waals surface area (Å²) in [5.74, 6) is 2.05. The SMILES string of the molecule is COc1ccc(OP(=O)(Oc2ccc(OC)cc2)[n+]2cccc(C)c2)cc1.N#Cc1cccc([O-])c1. The second kappa shape index (κ2) is 12.3. The van der Waals surface area contributed by atoms with E-state index in [1.165, 1.54) is 16.5 Å². The molecule has 9 heteroatoms. The van der Waals surface area contributed by atoms with E-state index >= 15 is 0 Å². The van der Waals surface area contributed by atoms with E-state index in [1.54, 1.807) is 93.3 Å². The number of hydrogen-bond acceptors (Lipinski definition) is 7. The van der Waals surface area contributed by atoms with Crippen molar-refractivity contribution in [3.05, 3.63) is 108 Å². The van der Waals surface area contributed by atoms with Crippen LogP contribution in [0.3, 0.4) is 0 Å². The summed E-state index contributed by atoms with van der Waals surface area (Å²) in [5.41, 5.74) is 1.34. The molecular weight excluding hydrogens is 479 g/mol. The number of aryl methyl sites for hydroxylation is 1. The zero-order chi connectivity index (χ0) is 26.0. The predicted molar refractivity (Wildman–Crippen MR) is 132 cm³/mol. The van der Waals surface area contributed by atoms with Crippen LogP contribution in [0.5, 0.6) is 28.7 Å². The number of hydrogen-bond donors (Lipinski definition) is 0. The second-order valence-electron chi connectivity index (χ2n) is 7.40. The quantitative estimate of drug-likeness (QED) is 0.325. The van der Waals surface area contributed by atoms with Crippen molar-refractivity contribution < 1.29 is 32.5 Å². The van der Waals surface area contributed by atoms with Crippen molar-refractivity contribution in [2.75, 3.05) is 14.2 Å². The van der Waals surface area contributed by atoms with Gasteiger partial charge in [-0.3, -0.25) is 0 Å². The molecule has 0 unspecified atom stereocenters. The first-order valence-corrected chi connectivity index (χ1v) is 12.3. The number of pyridine rings is 1. The Balaban J connectivity index is 0.000000338. The van der Waals surface area contributed by atoms with Crippen LogP contribution in [0.1, 0.15) is 11.1 Å². The molecule has 4 rings (SSSR count). The Labute approximate surface area is 210 Å². The van der Waals surface area contributed by atoms with Gasteiger partial charge in [-0.05, 0) is 67.6 Å². The van der Waals surface area contributed by atoms with Crippen LogP contribution >= 0.6 is 7.75 Å². The van der Waals surface area contributed by atoms with Crippen molar-refractivity contribution in [2.45, 2.75) is 6.92 Å². The molecule has 0 spiro atoms. The molecule has 36 heavy (non-hydrogen) atoms. The molecule has 8 nitrogen and oxygen atoms in total. The number of aromatic nitrogens is 1. The van der Waals surface area contributed by atoms with Gasteiger partial charge < -0.3 is 23.6 Å². The summed E-state index contributed by atoms with van der Waals surface area (Å²) in [5, 5.41) is 18.8. The Hall–Kier alpha value is -4.47. The lowest BCUT2D eigenvalue weighted by molar-refractivity contribution is -0.536. The number of methoxy groups -OCH3 is 2. The average Bonchev–Trinajstić information content (AvgIpc) is 2.90. The van der Waals surface area contributed by atoms with Crippen LogP contribution in [-0.2, 0) is 4.57 Å². The molecular formula is C27H25N2O6P. The first-order chi connectivity index (χ1) is 17.3. The molecule has 0 saturated heterocycles. The fraction of sp³-hybridized carbons (Fsp3) is 0.111. The van der Waals surface area contributed by atoms with Gasteiger partial charge in [-0.1, -0.05) is 22.5 Å². The average molecular weight is 504 g/mol. The first kappa shape index (κ1) is 26.1. The second-order valence-corrected chi connectivity index (χ2v) is 9.17. The lowest BCUT2D eigenvalue weighted by atomic mass is 10.2. The summed E-state index contributed by atoms with van der Waals surface area (Å²) < 4.78 is 37.0. The van der Waals surface area contributed by atoms with Crippen molar-refractivity contribution >= 4 is 7.75 Å². The third-order valence-electron chi connectivity index (χ3n) is 4.74. The highest BCUT2D eigenvalue weighted by molar-refractivity contribution is 7.47. The van der Waals surface area contributed by atoms with Gasteiger partial charge in [0.25, 0.3) is 0 Å². The summed E-state index contributed by atoms with van der Waals surface area (Å²) in [6.45, 7) is 1.90. The summed E-state index contributed by atoms with van der Waals surface area (Å²) in [4.78, 5) is 0. The molecule has 0 radical (unpaired) electrons. The van der Waals surface area contributed by atoms with Gasteiger partial charge in [-0.2, -0.15) is 9.83 Å². The van der Waals surface area contributed by atoms with Crippen LogP contribution in [0.4, 0.5) is 0 Å². The van der Waals surface area contributed by atoms with E-state index in [1.807, 2.05) is 19.1 Å². The molecule has 0 aliphatic rings. The fourth-order valence-electron chi connectivity index (χ4n) is 2.95. The van der Waals surface area contributed by atoms with Crippen molar-refractivity contribution in [2.24, 2.45) is 0 Å². The summed E-state index contributed by atoms with van der Waals surface area (Å²) in [6.07, 6.45) is 3.37. The largest absolute Gasteiger partial charge is 0.872 e. The minimum Gasteiger partial charge on any atom is -0.872 e. The normalized spacial score (nSPS) is 10.3. The highest BCUT2D eigenvalue weighted by atomic mass is 31.2. The fourth-order valence-corrected chi connectivity index (χ4v) is 4.51. The van der Waals surface area contributed by atoms with Gasteiger partial charge in [0, 0.05) is 11.6 Å². The van der Waals surface area contributed by atoms with Gasteiger partial charge in [0.2, 0.25) is 0 Å². The van der Waals surface area contributed by atoms with E-state index in [9.17, 15) is 9.67 Å². The molecule has 0 amide bonds. The van der Waals surface area contributed by atoms with Gasteiger partial charge >= 0.3 is 7.75 Å². The van der Waals surface area contributed by atoms with Gasteiger partial charge in [-0.25, -0.2) is 0 Å². The third-order valence-corrected chi connectivity index (χ3v) is 6.44. The van der Waals surface area contributed by atoms with Crippen LogP contribution < -0.4 is 28.0 Å². The van der Waals surface area contributed by atoms with Gasteiger partial charge in [0.1, 0.15) is 23.0 Å². The Morgan fingerprint density at radius 1 is 0.806 bits per heavy atom. The maximum atomic E-state index is 13.7. The Morgan fingerprint density at radius 3 is 1.75 bits per heavy atom. The molecule has 0 aliphatic carbocycles. The molecule has 0 bridgehead atoms. The lowest BCUT2D eigenvalue weighted by Crippen LogP contribution is -2.35. The van der Waals surface area contributed by atoms with Crippen molar-refractivity contribution in [3.63, 3.8) is 0 Å². The highest BCUT2D eigenvalue weighted by Gasteiger charge is 2.42. The molecule has 1 aromatic heterocycles. The van der Waals surface area contributed by atoms with Gasteiger partial charge in [-0.15, -0.1) is 5.75 Å². The number of benzene rings is 3. The van der Waals surface area contributed by atoms with E-state index in [4.69, 9.17) is 23.8 Å². The maximum Gasteiger partial charge on any atom is 0.728 e. The molecule has 0 atom stereocenters. The number of rotatable bonds is 7. The molecule has 1 heterocycles. The Morgan fingerprint density at radius 2 is 1.33 bits per heavy atom. The van der Waals surface area contributed by atoms with Crippen LogP contribution in [-0.4, -0.2) is 14.2 Å². The molecule has 3 aromatic carbocycles. The number of ether oxygens (including phenoxy) is 2. The summed E-state index contributed by atoms with van der Waals surface area (Å²) in [6, 6.07) is 25.1. The topological polar surface area (TPSA) is 105 Å². The first-order valence-electron chi connectivity index (χ1n) is 10.8. The van der Waals surface area contributed by atoms with E-state index in [0.29, 0.717) is 28.6 Å². The van der Waals surface area contributed by atoms with Crippen LogP contribution in [0.2, 0.25) is 0 Å². The monoisotopic (exact) mass is 504 g/mol. The Kier molecular flexibility index (Phi) is 8.93. The Bertz CT molecular complexity index is 1310. The van der Waals surface area contributed by atoms with E-state index < -0.39 is 7.75 Å². The molecule has 0 N–H and O–H groups in total. The lowest BCUT2D eigenvalue weighted by Gasteiger charge is -2.14. The van der Waals surface area contributed by atoms with Crippen molar-refractivity contribution in [1.82, 2.24) is 0 Å². The van der Waals surface area contributed by atoms with E-state index in [2.05, 4.69) is 0 Å². The third kappa shape index (κ3) is 7.26. The zero-order valence-electron chi connectivity index (χ0n) is 20.0. The molecule has 0 saturated carbocycles. The maximum absolute atomic E-state index is 13.7. The van der Waals surface area contributed by atoms with Crippen LogP contribution in [0.15, 0.2) is 97.3 Å². The standard InChI is InChI=1S/C20H21NO5P.C7H5NO/c1-16-5-4-14-21(15-16)27(22,25-19-10-6-17(23-2)7-11-19)26-20-12-8-18(24-3)9-13-20;8-5-6-2-1-3-7(9)4-6/h4-15H,1-3H3;1-4,9H/q+1;/p-1. The molecule has 184 valence electrons. The smallest absolute Gasteiger partial charge is 0.728 e. The minimum absolute atomic E-state index is 0.117. The van der Waals surface area contributed by atoms with Gasteiger partial charge in [0.15, 0.2) is 12.4 Å². The highest BCUT2D eigenvalue weighted by Crippen LogP contribution is 2.44. The van der Waals surface area contributed by atoms with Gasteiger partial charge in [0.05, 0.1) is 25.9 Å². The van der Waals surface area contributed by atoms with Crippen LogP contribution in [0, 0.1) is 18.3 Å². The summed E-state index contributed by atoms with van der Waals surface area (Å²) in [7, 11) is -0.596. The van der Waals surface area contributed by atoms with Crippen LogP contribution in [0.25, 0.3) is 0 Å². The molecule has 4 aromatic rings. The van der Waals surface area contributed by atoms with Crippen molar-refractivity contribution in [3.8, 4) is 34.8 Å². The molecule has 0 fully saturated rings. The minimum atomic E-state index is -3.75. The van der Waals surface area contributed by atoms with Crippen molar-refractivity contribution in [1.29, 1.82) is 5.26 Å². The molecule has 0 aliphatic heterocycles. The zero-order valence-corrected chi connectivity index (χ0v) is 20.9. The van der Waals surface area contributed by atoms with E-state index in [-0.39, 0.29) is 5.75 Å². The van der Waals surface area contributed by atoms with E-state index in [0.717, 1.165) is 5.56 Å². The summed E-state index contributed by atoms with van der Waals surface area (Å²) >= 11 is 0. The predicted octanol–water partition coefficient (Wildman–Crippen LogP) is 5.05.